The summed E-state index contributed by atoms with van der Waals surface area (Å²) in [5, 5.41) is 13.3. The van der Waals surface area contributed by atoms with E-state index in [4.69, 9.17) is 4.42 Å². The van der Waals surface area contributed by atoms with Gasteiger partial charge in [-0.3, -0.25) is 19.5 Å². The smallest absolute Gasteiger partial charge is 0.407 e. The number of anilines is 1. The number of fused-ring (bicyclic) bond motifs is 1. The summed E-state index contributed by atoms with van der Waals surface area (Å²) in [5.74, 6) is -1.13. The van der Waals surface area contributed by atoms with Crippen LogP contribution in [-0.2, 0) is 17.5 Å². The van der Waals surface area contributed by atoms with Crippen molar-refractivity contribution in [3.63, 3.8) is 0 Å². The Balaban J connectivity index is 1.60. The highest BCUT2D eigenvalue weighted by atomic mass is 19.4. The molecule has 0 radical (unpaired) electrons. The highest BCUT2D eigenvalue weighted by Crippen LogP contribution is 2.29. The molecule has 11 heteroatoms. The first-order chi connectivity index (χ1) is 13.6. The number of nitro benzene ring substituents is 1. The van der Waals surface area contributed by atoms with Crippen LogP contribution >= 0.6 is 0 Å². The number of benzene rings is 2. The van der Waals surface area contributed by atoms with E-state index in [1.807, 2.05) is 0 Å². The third kappa shape index (κ3) is 4.62. The second-order valence-corrected chi connectivity index (χ2v) is 6.16. The lowest BCUT2D eigenvalue weighted by molar-refractivity contribution is -0.384. The lowest BCUT2D eigenvalue weighted by Gasteiger charge is -2.09. The van der Waals surface area contributed by atoms with Gasteiger partial charge in [0.25, 0.3) is 5.69 Å². The van der Waals surface area contributed by atoms with Crippen LogP contribution in [0.4, 0.5) is 24.5 Å². The highest BCUT2D eigenvalue weighted by Gasteiger charge is 2.30. The maximum Gasteiger partial charge on any atom is 0.419 e. The van der Waals surface area contributed by atoms with Crippen molar-refractivity contribution in [1.82, 2.24) is 4.57 Å². The van der Waals surface area contributed by atoms with E-state index in [9.17, 15) is 32.9 Å². The van der Waals surface area contributed by atoms with Crippen LogP contribution in [0.5, 0.6) is 0 Å². The fourth-order valence-electron chi connectivity index (χ4n) is 2.74. The Kier molecular flexibility index (Phi) is 5.39. The third-order valence-electron chi connectivity index (χ3n) is 4.14. The molecular weight excluding hydrogens is 395 g/mol. The van der Waals surface area contributed by atoms with Gasteiger partial charge in [-0.05, 0) is 36.8 Å². The number of amides is 1. The first-order valence-electron chi connectivity index (χ1n) is 8.40. The molecule has 0 aliphatic carbocycles. The number of aryl methyl sites for hydroxylation is 1. The molecule has 0 unspecified atom stereocenters. The Morgan fingerprint density at radius 2 is 1.86 bits per heavy atom. The van der Waals surface area contributed by atoms with E-state index in [1.54, 1.807) is 0 Å². The minimum Gasteiger partial charge on any atom is -0.407 e. The average molecular weight is 409 g/mol. The van der Waals surface area contributed by atoms with Crippen LogP contribution in [0, 0.1) is 10.1 Å². The molecule has 0 fully saturated rings. The van der Waals surface area contributed by atoms with E-state index in [0.29, 0.717) is 5.52 Å². The molecule has 0 aliphatic heterocycles. The molecule has 3 rings (SSSR count). The number of carbonyl (C=O) groups is 1. The molecule has 0 bridgehead atoms. The number of oxazole rings is 1. The molecule has 1 N–H and O–H groups in total. The first kappa shape index (κ1) is 20.1. The van der Waals surface area contributed by atoms with Gasteiger partial charge in [-0.15, -0.1) is 0 Å². The van der Waals surface area contributed by atoms with E-state index in [1.165, 1.54) is 16.7 Å². The molecule has 0 saturated heterocycles. The van der Waals surface area contributed by atoms with Crippen LogP contribution in [0.3, 0.4) is 0 Å². The standard InChI is InChI=1S/C18H14F3N3O5/c19-18(20,21)11-3-5-12(6-4-11)22-16(25)2-1-9-23-14-8-7-13(24(27)28)10-15(14)29-17(23)26/h3-8,10H,1-2,9H2,(H,22,25). The lowest BCUT2D eigenvalue weighted by atomic mass is 10.2. The van der Waals surface area contributed by atoms with Crippen LogP contribution in [0.1, 0.15) is 18.4 Å². The van der Waals surface area contributed by atoms with Crippen LogP contribution in [0.15, 0.2) is 51.7 Å². The predicted molar refractivity (Wildman–Crippen MR) is 96.4 cm³/mol. The third-order valence-corrected chi connectivity index (χ3v) is 4.14. The number of nitrogens with one attached hydrogen (secondary N) is 1. The average Bonchev–Trinajstić information content (AvgIpc) is 2.96. The molecule has 29 heavy (non-hydrogen) atoms. The van der Waals surface area contributed by atoms with Crippen LogP contribution in [0.25, 0.3) is 11.1 Å². The summed E-state index contributed by atoms with van der Waals surface area (Å²) in [6.07, 6.45) is -4.20. The van der Waals surface area contributed by atoms with Crippen molar-refractivity contribution in [2.45, 2.75) is 25.6 Å². The molecule has 2 aromatic carbocycles. The second-order valence-electron chi connectivity index (χ2n) is 6.16. The Labute approximate surface area is 160 Å². The van der Waals surface area contributed by atoms with Gasteiger partial charge in [0.15, 0.2) is 5.58 Å². The molecule has 1 amide bonds. The Morgan fingerprint density at radius 3 is 2.48 bits per heavy atom. The van der Waals surface area contributed by atoms with Gasteiger partial charge in [-0.2, -0.15) is 13.2 Å². The number of non-ortho nitro benzene ring substituents is 1. The number of hydrogen-bond acceptors (Lipinski definition) is 5. The summed E-state index contributed by atoms with van der Waals surface area (Å²) in [7, 11) is 0. The van der Waals surface area contributed by atoms with Crippen molar-refractivity contribution in [3.8, 4) is 0 Å². The zero-order valence-corrected chi connectivity index (χ0v) is 14.7. The quantitative estimate of drug-likeness (QED) is 0.490. The van der Waals surface area contributed by atoms with Crippen LogP contribution in [0.2, 0.25) is 0 Å². The van der Waals surface area contributed by atoms with E-state index >= 15 is 0 Å². The van der Waals surface area contributed by atoms with Gasteiger partial charge in [-0.25, -0.2) is 4.79 Å². The Hall–Kier alpha value is -3.63. The minimum atomic E-state index is -4.45. The number of hydrogen-bond donors (Lipinski definition) is 1. The maximum atomic E-state index is 12.5. The predicted octanol–water partition coefficient (Wildman–Crippen LogP) is 3.94. The molecule has 0 atom stereocenters. The van der Waals surface area contributed by atoms with Gasteiger partial charge >= 0.3 is 11.9 Å². The van der Waals surface area contributed by atoms with E-state index in [2.05, 4.69) is 5.32 Å². The van der Waals surface area contributed by atoms with Crippen molar-refractivity contribution < 1.29 is 27.3 Å². The summed E-state index contributed by atoms with van der Waals surface area (Å²) >= 11 is 0. The lowest BCUT2D eigenvalue weighted by Crippen LogP contribution is -2.17. The number of nitro groups is 1. The van der Waals surface area contributed by atoms with Gasteiger partial charge < -0.3 is 9.73 Å². The molecule has 0 aliphatic rings. The molecular formula is C18H14F3N3O5. The number of aromatic nitrogens is 1. The summed E-state index contributed by atoms with van der Waals surface area (Å²) in [4.78, 5) is 34.1. The minimum absolute atomic E-state index is 0.00706. The topological polar surface area (TPSA) is 107 Å². The van der Waals surface area contributed by atoms with E-state index in [-0.39, 0.29) is 36.3 Å². The number of alkyl halides is 3. The zero-order valence-electron chi connectivity index (χ0n) is 14.7. The van der Waals surface area contributed by atoms with Gasteiger partial charge in [0.05, 0.1) is 22.1 Å². The summed E-state index contributed by atoms with van der Waals surface area (Å²) in [5.41, 5.74) is -0.375. The monoisotopic (exact) mass is 409 g/mol. The van der Waals surface area contributed by atoms with E-state index < -0.39 is 28.3 Å². The number of halogens is 3. The summed E-state index contributed by atoms with van der Waals surface area (Å²) in [6.45, 7) is 0.129. The van der Waals surface area contributed by atoms with E-state index in [0.717, 1.165) is 30.3 Å². The molecule has 0 saturated carbocycles. The zero-order chi connectivity index (χ0) is 21.2. The van der Waals surface area contributed by atoms with Crippen molar-refractivity contribution in [3.05, 3.63) is 68.7 Å². The van der Waals surface area contributed by atoms with Gasteiger partial charge in [0.1, 0.15) is 0 Å². The summed E-state index contributed by atoms with van der Waals surface area (Å²) < 4.78 is 43.8. The van der Waals surface area contributed by atoms with Crippen molar-refractivity contribution >= 4 is 28.4 Å². The van der Waals surface area contributed by atoms with Gasteiger partial charge in [0, 0.05) is 24.7 Å². The van der Waals surface area contributed by atoms with Gasteiger partial charge in [-0.1, -0.05) is 0 Å². The number of carbonyl (C=O) groups excluding carboxylic acids is 1. The first-order valence-corrected chi connectivity index (χ1v) is 8.40. The molecule has 8 nitrogen and oxygen atoms in total. The molecule has 152 valence electrons. The summed E-state index contributed by atoms with van der Waals surface area (Å²) in [6, 6.07) is 7.82. The van der Waals surface area contributed by atoms with Crippen LogP contribution in [-0.4, -0.2) is 15.4 Å². The maximum absolute atomic E-state index is 12.5. The van der Waals surface area contributed by atoms with Crippen LogP contribution < -0.4 is 11.1 Å². The fourth-order valence-corrected chi connectivity index (χ4v) is 2.74. The largest absolute Gasteiger partial charge is 0.419 e. The number of rotatable bonds is 6. The highest BCUT2D eigenvalue weighted by molar-refractivity contribution is 5.90. The molecule has 1 heterocycles. The number of nitrogens with zero attached hydrogens (tertiary/aromatic N) is 2. The Bertz CT molecular complexity index is 1120. The normalized spacial score (nSPS) is 11.6. The van der Waals surface area contributed by atoms with Crippen molar-refractivity contribution in [2.75, 3.05) is 5.32 Å². The van der Waals surface area contributed by atoms with Crippen molar-refractivity contribution in [2.24, 2.45) is 0 Å². The SMILES string of the molecule is O=C(CCCn1c(=O)oc2cc([N+](=O)[O-])ccc21)Nc1ccc(C(F)(F)F)cc1. The molecule has 0 spiro atoms. The second kappa shape index (κ2) is 7.78. The Morgan fingerprint density at radius 1 is 1.17 bits per heavy atom. The van der Waals surface area contributed by atoms with Gasteiger partial charge in [0.2, 0.25) is 5.91 Å². The molecule has 3 aromatic rings. The molecule has 1 aromatic heterocycles. The van der Waals surface area contributed by atoms with Crippen molar-refractivity contribution in [1.29, 1.82) is 0 Å². The fraction of sp³-hybridized carbons (Fsp3) is 0.222.